The van der Waals surface area contributed by atoms with Gasteiger partial charge in [0.15, 0.2) is 0 Å². The van der Waals surface area contributed by atoms with Crippen LogP contribution in [0.15, 0.2) is 22.7 Å². The number of nitrogens with zero attached hydrogens (tertiary/aromatic N) is 1. The maximum Gasteiger partial charge on any atom is 0.244 e. The molecule has 1 aliphatic heterocycles. The predicted molar refractivity (Wildman–Crippen MR) is 82.5 cm³/mol. The highest BCUT2D eigenvalue weighted by Crippen LogP contribution is 2.31. The molecule has 1 unspecified atom stereocenters. The van der Waals surface area contributed by atoms with Crippen LogP contribution in [0.5, 0.6) is 0 Å². The molecule has 0 radical (unpaired) electrons. The summed E-state index contributed by atoms with van der Waals surface area (Å²) in [5, 5.41) is 3.36. The molecule has 1 N–H and O–H groups in total. The number of carbonyl (C=O) groups excluding carboxylic acids is 1. The molecular formula is C15H21BrN2O. The van der Waals surface area contributed by atoms with Crippen LogP contribution in [0.3, 0.4) is 0 Å². The highest BCUT2D eigenvalue weighted by atomic mass is 79.9. The molecule has 0 aliphatic carbocycles. The molecule has 2 rings (SSSR count). The molecule has 1 aromatic carbocycles. The molecule has 4 heteroatoms. The first-order chi connectivity index (χ1) is 9.00. The Morgan fingerprint density at radius 1 is 1.42 bits per heavy atom. The molecule has 0 aromatic heterocycles. The van der Waals surface area contributed by atoms with E-state index < -0.39 is 0 Å². The van der Waals surface area contributed by atoms with E-state index in [0.717, 1.165) is 35.1 Å². The van der Waals surface area contributed by atoms with Gasteiger partial charge in [0.1, 0.15) is 0 Å². The summed E-state index contributed by atoms with van der Waals surface area (Å²) >= 11 is 3.60. The Hall–Kier alpha value is -0.870. The van der Waals surface area contributed by atoms with Crippen LogP contribution in [-0.4, -0.2) is 24.5 Å². The van der Waals surface area contributed by atoms with Crippen LogP contribution < -0.4 is 10.2 Å². The van der Waals surface area contributed by atoms with Crippen LogP contribution in [0.4, 0.5) is 5.69 Å². The zero-order valence-electron chi connectivity index (χ0n) is 11.7. The molecule has 104 valence electrons. The zero-order valence-corrected chi connectivity index (χ0v) is 13.3. The lowest BCUT2D eigenvalue weighted by Crippen LogP contribution is -2.52. The number of halogens is 1. The zero-order chi connectivity index (χ0) is 14.0. The smallest absolute Gasteiger partial charge is 0.244 e. The van der Waals surface area contributed by atoms with Crippen LogP contribution in [0.1, 0.15) is 32.3 Å². The number of hydrogen-bond acceptors (Lipinski definition) is 2. The lowest BCUT2D eigenvalue weighted by molar-refractivity contribution is -0.121. The van der Waals surface area contributed by atoms with Crippen molar-refractivity contribution in [2.24, 2.45) is 0 Å². The van der Waals surface area contributed by atoms with Gasteiger partial charge in [0, 0.05) is 17.1 Å². The second kappa shape index (κ2) is 6.06. The molecule has 1 fully saturated rings. The van der Waals surface area contributed by atoms with E-state index in [9.17, 15) is 4.79 Å². The number of benzene rings is 1. The van der Waals surface area contributed by atoms with Crippen LogP contribution in [-0.2, 0) is 4.79 Å². The van der Waals surface area contributed by atoms with Gasteiger partial charge in [-0.25, -0.2) is 0 Å². The summed E-state index contributed by atoms with van der Waals surface area (Å²) in [5.41, 5.74) is 2.14. The standard InChI is InChI=1S/C15H21BrN2O/c1-10(2)17-12-7-5-9-18(15(12)19)13-8-4-6-11(3)14(13)16/h4,6,8,10,12,17H,5,7,9H2,1-3H3. The lowest BCUT2D eigenvalue weighted by Gasteiger charge is -2.34. The van der Waals surface area contributed by atoms with Crippen molar-refractivity contribution in [1.29, 1.82) is 0 Å². The maximum atomic E-state index is 12.6. The van der Waals surface area contributed by atoms with Crippen molar-refractivity contribution in [1.82, 2.24) is 5.32 Å². The van der Waals surface area contributed by atoms with Crippen molar-refractivity contribution in [2.75, 3.05) is 11.4 Å². The summed E-state index contributed by atoms with van der Waals surface area (Å²) in [6.07, 6.45) is 1.97. The number of piperidine rings is 1. The first kappa shape index (κ1) is 14.5. The minimum absolute atomic E-state index is 0.0545. The fraction of sp³-hybridized carbons (Fsp3) is 0.533. The number of carbonyl (C=O) groups is 1. The van der Waals surface area contributed by atoms with E-state index >= 15 is 0 Å². The Labute approximate surface area is 123 Å². The number of rotatable bonds is 3. The van der Waals surface area contributed by atoms with Gasteiger partial charge >= 0.3 is 0 Å². The average molecular weight is 325 g/mol. The van der Waals surface area contributed by atoms with E-state index in [1.54, 1.807) is 0 Å². The molecule has 1 heterocycles. The normalized spacial score (nSPS) is 20.2. The third-order valence-electron chi connectivity index (χ3n) is 3.44. The first-order valence-corrected chi connectivity index (χ1v) is 7.62. The van der Waals surface area contributed by atoms with E-state index in [4.69, 9.17) is 0 Å². The maximum absolute atomic E-state index is 12.6. The highest BCUT2D eigenvalue weighted by Gasteiger charge is 2.30. The molecule has 1 amide bonds. The van der Waals surface area contributed by atoms with E-state index in [1.807, 2.05) is 30.0 Å². The third kappa shape index (κ3) is 3.18. The molecule has 0 saturated carbocycles. The topological polar surface area (TPSA) is 32.3 Å². The Bertz CT molecular complexity index is 473. The van der Waals surface area contributed by atoms with E-state index in [0.29, 0.717) is 6.04 Å². The van der Waals surface area contributed by atoms with Gasteiger partial charge in [-0.1, -0.05) is 26.0 Å². The van der Waals surface area contributed by atoms with Crippen molar-refractivity contribution in [2.45, 2.75) is 45.7 Å². The molecule has 1 atom stereocenters. The third-order valence-corrected chi connectivity index (χ3v) is 4.47. The molecule has 0 spiro atoms. The van der Waals surface area contributed by atoms with E-state index in [2.05, 4.69) is 35.1 Å². The SMILES string of the molecule is Cc1cccc(N2CCCC(NC(C)C)C2=O)c1Br. The number of hydrogen-bond donors (Lipinski definition) is 1. The van der Waals surface area contributed by atoms with E-state index in [-0.39, 0.29) is 11.9 Å². The fourth-order valence-corrected chi connectivity index (χ4v) is 2.99. The number of amides is 1. The van der Waals surface area contributed by atoms with Crippen LogP contribution in [0.2, 0.25) is 0 Å². The summed E-state index contributed by atoms with van der Waals surface area (Å²) in [7, 11) is 0. The van der Waals surface area contributed by atoms with Crippen LogP contribution in [0.25, 0.3) is 0 Å². The van der Waals surface area contributed by atoms with Crippen molar-refractivity contribution in [3.05, 3.63) is 28.2 Å². The van der Waals surface area contributed by atoms with Crippen molar-refractivity contribution >= 4 is 27.5 Å². The van der Waals surface area contributed by atoms with Crippen LogP contribution >= 0.6 is 15.9 Å². The molecule has 3 nitrogen and oxygen atoms in total. The van der Waals surface area contributed by atoms with Crippen molar-refractivity contribution in [3.8, 4) is 0 Å². The van der Waals surface area contributed by atoms with Gasteiger partial charge in [0.25, 0.3) is 0 Å². The van der Waals surface area contributed by atoms with Gasteiger partial charge in [-0.2, -0.15) is 0 Å². The van der Waals surface area contributed by atoms with Crippen molar-refractivity contribution < 1.29 is 4.79 Å². The number of anilines is 1. The predicted octanol–water partition coefficient (Wildman–Crippen LogP) is 3.25. The molecule has 1 aromatic rings. The monoisotopic (exact) mass is 324 g/mol. The summed E-state index contributed by atoms with van der Waals surface area (Å²) in [5.74, 6) is 0.186. The van der Waals surface area contributed by atoms with Crippen LogP contribution in [0, 0.1) is 6.92 Å². The van der Waals surface area contributed by atoms with Gasteiger partial charge in [0.05, 0.1) is 11.7 Å². The second-order valence-corrected chi connectivity index (χ2v) is 6.21. The minimum atomic E-state index is -0.0545. The Morgan fingerprint density at radius 2 is 2.16 bits per heavy atom. The Balaban J connectivity index is 2.24. The molecule has 19 heavy (non-hydrogen) atoms. The molecule has 1 saturated heterocycles. The van der Waals surface area contributed by atoms with Gasteiger partial charge in [0.2, 0.25) is 5.91 Å². The minimum Gasteiger partial charge on any atom is -0.310 e. The summed E-state index contributed by atoms with van der Waals surface area (Å²) in [6, 6.07) is 6.33. The van der Waals surface area contributed by atoms with Gasteiger partial charge < -0.3 is 10.2 Å². The number of aryl methyl sites for hydroxylation is 1. The quantitative estimate of drug-likeness (QED) is 0.925. The molecule has 1 aliphatic rings. The fourth-order valence-electron chi connectivity index (χ4n) is 2.51. The van der Waals surface area contributed by atoms with E-state index in [1.165, 1.54) is 0 Å². The first-order valence-electron chi connectivity index (χ1n) is 6.83. The van der Waals surface area contributed by atoms with Gasteiger partial charge in [-0.3, -0.25) is 4.79 Å². The molecular weight excluding hydrogens is 304 g/mol. The Kier molecular flexibility index (Phi) is 4.63. The van der Waals surface area contributed by atoms with Crippen molar-refractivity contribution in [3.63, 3.8) is 0 Å². The molecule has 0 bridgehead atoms. The average Bonchev–Trinajstić information content (AvgIpc) is 2.35. The lowest BCUT2D eigenvalue weighted by atomic mass is 10.0. The Morgan fingerprint density at radius 3 is 2.84 bits per heavy atom. The van der Waals surface area contributed by atoms with Gasteiger partial charge in [-0.15, -0.1) is 0 Å². The summed E-state index contributed by atoms with van der Waals surface area (Å²) < 4.78 is 1.02. The largest absolute Gasteiger partial charge is 0.310 e. The van der Waals surface area contributed by atoms with Gasteiger partial charge in [-0.05, 0) is 47.3 Å². The number of nitrogens with one attached hydrogen (secondary N) is 1. The highest BCUT2D eigenvalue weighted by molar-refractivity contribution is 9.10. The summed E-state index contributed by atoms with van der Waals surface area (Å²) in [4.78, 5) is 14.5. The second-order valence-electron chi connectivity index (χ2n) is 5.41. The summed E-state index contributed by atoms with van der Waals surface area (Å²) in [6.45, 7) is 7.01.